The molecule has 142 valence electrons. The molecule has 1 saturated heterocycles. The zero-order valence-corrected chi connectivity index (χ0v) is 17.2. The van der Waals surface area contributed by atoms with E-state index in [4.69, 9.17) is 13.6 Å². The molecule has 0 bridgehead atoms. The molecule has 1 fully saturated rings. The quantitative estimate of drug-likeness (QED) is 0.402. The number of carbonyl (C=O) groups is 1. The van der Waals surface area contributed by atoms with E-state index in [1.807, 2.05) is 0 Å². The Bertz CT molecular complexity index is 571. The third kappa shape index (κ3) is 4.00. The van der Waals surface area contributed by atoms with E-state index in [0.29, 0.717) is 5.76 Å². The molecule has 1 aliphatic rings. The van der Waals surface area contributed by atoms with Crippen LogP contribution in [0.15, 0.2) is 22.8 Å². The van der Waals surface area contributed by atoms with Gasteiger partial charge in [-0.3, -0.25) is 0 Å². The molecule has 1 aromatic rings. The van der Waals surface area contributed by atoms with E-state index in [2.05, 4.69) is 20.8 Å². The van der Waals surface area contributed by atoms with Crippen LogP contribution in [-0.4, -0.2) is 37.3 Å². The molecule has 3 unspecified atom stereocenters. The molecule has 7 heteroatoms. The first-order valence-corrected chi connectivity index (χ1v) is 11.7. The van der Waals surface area contributed by atoms with E-state index >= 15 is 0 Å². The van der Waals surface area contributed by atoms with Gasteiger partial charge in [0.05, 0.1) is 6.26 Å². The van der Waals surface area contributed by atoms with E-state index in [-0.39, 0.29) is 12.6 Å². The van der Waals surface area contributed by atoms with Crippen molar-refractivity contribution in [2.24, 2.45) is 0 Å². The van der Waals surface area contributed by atoms with Gasteiger partial charge in [0.2, 0.25) is 0 Å². The number of furan rings is 1. The molecule has 1 aromatic heterocycles. The maximum Gasteiger partial charge on any atom is 0.517 e. The molecule has 2 heterocycles. The smallest absolute Gasteiger partial charge is 0.517 e. The largest absolute Gasteiger partial charge is 0.622 e. The topological polar surface area (TPSA) is 71.7 Å². The summed E-state index contributed by atoms with van der Waals surface area (Å²) >= 11 is 0. The molecule has 1 aliphatic heterocycles. The lowest BCUT2D eigenvalue weighted by molar-refractivity contribution is -0.898. The normalized spacial score (nSPS) is 27.0. The van der Waals surface area contributed by atoms with Crippen LogP contribution in [0.4, 0.5) is 4.79 Å². The van der Waals surface area contributed by atoms with E-state index < -0.39 is 30.7 Å². The Kier molecular flexibility index (Phi) is 5.83. The zero-order chi connectivity index (χ0) is 18.9. The van der Waals surface area contributed by atoms with Gasteiger partial charge in [-0.1, -0.05) is 20.8 Å². The van der Waals surface area contributed by atoms with Crippen molar-refractivity contribution in [2.45, 2.75) is 77.4 Å². The first kappa shape index (κ1) is 20.2. The fourth-order valence-electron chi connectivity index (χ4n) is 3.41. The third-order valence-electron chi connectivity index (χ3n) is 5.12. The fourth-order valence-corrected chi connectivity index (χ4v) is 6.26. The SMILES string of the molecule is CC[Si](CC)(CC)OC1C[N+]([O-])(C(=O)OC(C)(C)C)C1c1ccco1. The average molecular weight is 370 g/mol. The van der Waals surface area contributed by atoms with Crippen LogP contribution in [0.5, 0.6) is 0 Å². The molecular weight excluding hydrogens is 338 g/mol. The molecule has 3 atom stereocenters. The summed E-state index contributed by atoms with van der Waals surface area (Å²) < 4.78 is 16.3. The van der Waals surface area contributed by atoms with Crippen LogP contribution in [0.2, 0.25) is 18.1 Å². The lowest BCUT2D eigenvalue weighted by atomic mass is 9.96. The lowest BCUT2D eigenvalue weighted by Crippen LogP contribution is -2.70. The minimum Gasteiger partial charge on any atom is -0.622 e. The molecule has 0 spiro atoms. The van der Waals surface area contributed by atoms with Gasteiger partial charge in [0.25, 0.3) is 0 Å². The van der Waals surface area contributed by atoms with Crippen molar-refractivity contribution in [1.29, 1.82) is 0 Å². The van der Waals surface area contributed by atoms with E-state index in [9.17, 15) is 10.0 Å². The summed E-state index contributed by atoms with van der Waals surface area (Å²) in [4.78, 5) is 12.5. The summed E-state index contributed by atoms with van der Waals surface area (Å²) in [5, 5.41) is 13.3. The van der Waals surface area contributed by atoms with Crippen LogP contribution in [0.1, 0.15) is 53.3 Å². The minimum atomic E-state index is -1.89. The van der Waals surface area contributed by atoms with Crippen molar-refractivity contribution >= 4 is 14.4 Å². The van der Waals surface area contributed by atoms with Crippen molar-refractivity contribution in [3.05, 3.63) is 29.4 Å². The van der Waals surface area contributed by atoms with Crippen LogP contribution in [-0.2, 0) is 9.16 Å². The second kappa shape index (κ2) is 7.23. The van der Waals surface area contributed by atoms with Gasteiger partial charge in [0.1, 0.15) is 12.1 Å². The number of nitrogens with zero attached hydrogens (tertiary/aromatic N) is 1. The number of hydrogen-bond donors (Lipinski definition) is 0. The van der Waals surface area contributed by atoms with Crippen LogP contribution in [0.25, 0.3) is 0 Å². The van der Waals surface area contributed by atoms with Gasteiger partial charge in [-0.05, 0) is 51.0 Å². The van der Waals surface area contributed by atoms with Crippen LogP contribution >= 0.6 is 0 Å². The lowest BCUT2D eigenvalue weighted by Gasteiger charge is -2.57. The monoisotopic (exact) mass is 369 g/mol. The van der Waals surface area contributed by atoms with Crippen molar-refractivity contribution in [3.63, 3.8) is 0 Å². The number of rotatable bonds is 6. The second-order valence-corrected chi connectivity index (χ2v) is 12.5. The number of amides is 1. The highest BCUT2D eigenvalue weighted by Gasteiger charge is 2.60. The summed E-state index contributed by atoms with van der Waals surface area (Å²) in [6, 6.07) is 5.75. The number of ether oxygens (including phenoxy) is 1. The van der Waals surface area contributed by atoms with Gasteiger partial charge < -0.3 is 18.8 Å². The van der Waals surface area contributed by atoms with Gasteiger partial charge in [-0.25, -0.2) is 4.65 Å². The summed E-state index contributed by atoms with van der Waals surface area (Å²) in [5.74, 6) is 0.489. The molecule has 6 nitrogen and oxygen atoms in total. The van der Waals surface area contributed by atoms with Crippen LogP contribution < -0.4 is 0 Å². The van der Waals surface area contributed by atoms with Gasteiger partial charge in [-0.15, -0.1) is 0 Å². The minimum absolute atomic E-state index is 0.0784. The Morgan fingerprint density at radius 3 is 2.36 bits per heavy atom. The molecular formula is C18H31NO5Si. The van der Waals surface area contributed by atoms with Crippen molar-refractivity contribution in [2.75, 3.05) is 6.54 Å². The highest BCUT2D eigenvalue weighted by Crippen LogP contribution is 2.46. The maximum absolute atomic E-state index is 13.3. The Balaban J connectivity index is 2.26. The van der Waals surface area contributed by atoms with E-state index in [1.54, 1.807) is 32.9 Å². The van der Waals surface area contributed by atoms with E-state index in [1.165, 1.54) is 6.26 Å². The van der Waals surface area contributed by atoms with Crippen LogP contribution in [0.3, 0.4) is 0 Å². The highest BCUT2D eigenvalue weighted by atomic mass is 28.4. The molecule has 0 N–H and O–H groups in total. The fraction of sp³-hybridized carbons (Fsp3) is 0.722. The Morgan fingerprint density at radius 2 is 1.92 bits per heavy atom. The summed E-state index contributed by atoms with van der Waals surface area (Å²) in [6.45, 7) is 11.8. The van der Waals surface area contributed by atoms with Crippen molar-refractivity contribution < 1.29 is 23.0 Å². The first-order valence-electron chi connectivity index (χ1n) is 9.14. The predicted octanol–water partition coefficient (Wildman–Crippen LogP) is 4.97. The molecule has 1 amide bonds. The van der Waals surface area contributed by atoms with Crippen molar-refractivity contribution in [3.8, 4) is 0 Å². The van der Waals surface area contributed by atoms with Crippen LogP contribution in [0, 0.1) is 5.21 Å². The summed E-state index contributed by atoms with van der Waals surface area (Å²) in [5.41, 5.74) is -0.707. The summed E-state index contributed by atoms with van der Waals surface area (Å²) in [6.07, 6.45) is 0.446. The molecule has 25 heavy (non-hydrogen) atoms. The second-order valence-electron chi connectivity index (χ2n) is 7.82. The van der Waals surface area contributed by atoms with E-state index in [0.717, 1.165) is 18.1 Å². The zero-order valence-electron chi connectivity index (χ0n) is 16.2. The predicted molar refractivity (Wildman–Crippen MR) is 98.2 cm³/mol. The van der Waals surface area contributed by atoms with Gasteiger partial charge in [-0.2, -0.15) is 4.79 Å². The average Bonchev–Trinajstić information content (AvgIpc) is 3.03. The first-order chi connectivity index (χ1) is 11.6. The standard InChI is InChI=1S/C18H31NO5Si/c1-7-25(8-2,9-3)24-15-13-19(21,17(20)23-18(4,5)6)16(15)14-11-10-12-22-14/h10-12,15-16H,7-9,13H2,1-6H3. The third-order valence-corrected chi connectivity index (χ3v) is 9.79. The summed E-state index contributed by atoms with van der Waals surface area (Å²) in [7, 11) is -1.89. The molecule has 0 aromatic carbocycles. The number of hydroxylamine groups is 3. The maximum atomic E-state index is 13.3. The molecule has 0 radical (unpaired) electrons. The Hall–Kier alpha value is -1.15. The Labute approximate surface area is 151 Å². The van der Waals surface area contributed by atoms with Gasteiger partial charge in [0, 0.05) is 0 Å². The molecule has 2 rings (SSSR count). The van der Waals surface area contributed by atoms with Gasteiger partial charge >= 0.3 is 6.09 Å². The molecule has 0 aliphatic carbocycles. The van der Waals surface area contributed by atoms with Gasteiger partial charge in [0.15, 0.2) is 26.2 Å². The highest BCUT2D eigenvalue weighted by molar-refractivity contribution is 6.73. The number of hydrogen-bond acceptors (Lipinski definition) is 5. The molecule has 0 saturated carbocycles. The number of quaternary nitrogens is 1. The number of likely N-dealkylation sites (tertiary alicyclic amines) is 1. The number of carbonyl (C=O) groups excluding carboxylic acids is 1. The Morgan fingerprint density at radius 1 is 1.32 bits per heavy atom. The van der Waals surface area contributed by atoms with Crippen molar-refractivity contribution in [1.82, 2.24) is 0 Å².